The molecule has 142 valence electrons. The largest absolute Gasteiger partial charge is 0.489 e. The molecule has 3 nitrogen and oxygen atoms in total. The molecule has 0 amide bonds. The van der Waals surface area contributed by atoms with Gasteiger partial charge in [-0.05, 0) is 24.6 Å². The molecule has 1 atom stereocenters. The van der Waals surface area contributed by atoms with Crippen LogP contribution in [0, 0.1) is 5.92 Å². The molecule has 0 spiro atoms. The average Bonchev–Trinajstić information content (AvgIpc) is 3.39. The highest BCUT2D eigenvalue weighted by Crippen LogP contribution is 2.50. The van der Waals surface area contributed by atoms with E-state index in [2.05, 4.69) is 6.58 Å². The molecule has 0 radical (unpaired) electrons. The molecule has 1 aromatic heterocycles. The molecule has 2 aromatic carbocycles. The summed E-state index contributed by atoms with van der Waals surface area (Å²) in [7, 11) is -2.91. The molecular weight excluding hydrogens is 367 g/mol. The number of hydrogen-bond acceptors (Lipinski definition) is 3. The molecule has 3 aromatic rings. The van der Waals surface area contributed by atoms with Gasteiger partial charge in [0.1, 0.15) is 7.14 Å². The third kappa shape index (κ3) is 3.39. The Morgan fingerprint density at radius 3 is 2.11 bits per heavy atom. The van der Waals surface area contributed by atoms with Gasteiger partial charge < -0.3 is 13.7 Å². The number of ether oxygens (including phenoxy) is 1. The highest BCUT2D eigenvalue weighted by molar-refractivity contribution is 7.78. The molecule has 0 aliphatic carbocycles. The summed E-state index contributed by atoms with van der Waals surface area (Å²) in [6.45, 7) is 6.64. The van der Waals surface area contributed by atoms with Crippen molar-refractivity contribution in [1.82, 2.24) is 0 Å². The van der Waals surface area contributed by atoms with Crippen LogP contribution in [0.1, 0.15) is 12.7 Å². The number of rotatable bonds is 6. The highest BCUT2D eigenvalue weighted by atomic mass is 31.2. The fraction of sp³-hybridized carbons (Fsp3) is 0.167. The van der Waals surface area contributed by atoms with Gasteiger partial charge in [-0.25, -0.2) is 0 Å². The first-order valence-corrected chi connectivity index (χ1v) is 11.2. The van der Waals surface area contributed by atoms with Crippen molar-refractivity contribution >= 4 is 23.5 Å². The minimum atomic E-state index is -2.91. The summed E-state index contributed by atoms with van der Waals surface area (Å²) >= 11 is 0. The molecule has 1 unspecified atom stereocenters. The molecule has 0 N–H and O–H groups in total. The van der Waals surface area contributed by atoms with Crippen LogP contribution in [-0.2, 0) is 9.30 Å². The Kier molecular flexibility index (Phi) is 5.11. The molecule has 1 aliphatic heterocycles. The molecule has 2 heterocycles. The molecule has 0 saturated carbocycles. The number of hydrogen-bond donors (Lipinski definition) is 0. The summed E-state index contributed by atoms with van der Waals surface area (Å²) < 4.78 is 26.1. The highest BCUT2D eigenvalue weighted by Gasteiger charge is 2.37. The molecule has 1 aliphatic rings. The van der Waals surface area contributed by atoms with Crippen molar-refractivity contribution in [3.05, 3.63) is 103 Å². The molecule has 4 rings (SSSR count). The lowest BCUT2D eigenvalue weighted by atomic mass is 9.95. The Balaban J connectivity index is 1.87. The molecule has 0 saturated heterocycles. The standard InChI is InChI=1S/C24H23O3P/c1-18(2)21-16-27-24(23-14-9-15-26-23)22(21)17-28(25,19-10-5-3-6-11-19)20-12-7-4-8-13-20/h3-15,21H,1,16-17H2,2H3. The van der Waals surface area contributed by atoms with Crippen molar-refractivity contribution in [2.45, 2.75) is 6.92 Å². The van der Waals surface area contributed by atoms with E-state index in [0.29, 0.717) is 24.3 Å². The fourth-order valence-electron chi connectivity index (χ4n) is 3.69. The maximum absolute atomic E-state index is 14.5. The zero-order chi connectivity index (χ0) is 19.6. The van der Waals surface area contributed by atoms with Gasteiger partial charge in [0.25, 0.3) is 0 Å². The van der Waals surface area contributed by atoms with Crippen LogP contribution in [0.25, 0.3) is 5.76 Å². The molecule has 4 heteroatoms. The van der Waals surface area contributed by atoms with Crippen molar-refractivity contribution < 1.29 is 13.7 Å². The summed E-state index contributed by atoms with van der Waals surface area (Å²) in [6, 6.07) is 23.2. The lowest BCUT2D eigenvalue weighted by Crippen LogP contribution is -2.21. The number of furan rings is 1. The van der Waals surface area contributed by atoms with Crippen LogP contribution in [0.3, 0.4) is 0 Å². The van der Waals surface area contributed by atoms with Crippen molar-refractivity contribution in [1.29, 1.82) is 0 Å². The van der Waals surface area contributed by atoms with E-state index in [-0.39, 0.29) is 5.92 Å². The smallest absolute Gasteiger partial charge is 0.168 e. The predicted molar refractivity (Wildman–Crippen MR) is 115 cm³/mol. The van der Waals surface area contributed by atoms with E-state index in [9.17, 15) is 4.57 Å². The predicted octanol–water partition coefficient (Wildman–Crippen LogP) is 5.23. The first-order valence-electron chi connectivity index (χ1n) is 9.35. The minimum absolute atomic E-state index is 0.0286. The maximum Gasteiger partial charge on any atom is 0.168 e. The molecule has 0 fully saturated rings. The van der Waals surface area contributed by atoms with Gasteiger partial charge in [0, 0.05) is 22.7 Å². The third-order valence-electron chi connectivity index (χ3n) is 5.19. The Morgan fingerprint density at radius 2 is 1.61 bits per heavy atom. The summed E-state index contributed by atoms with van der Waals surface area (Å²) in [6.07, 6.45) is 2.03. The first kappa shape index (κ1) is 18.6. The van der Waals surface area contributed by atoms with E-state index in [0.717, 1.165) is 21.8 Å². The van der Waals surface area contributed by atoms with Crippen LogP contribution < -0.4 is 10.6 Å². The maximum atomic E-state index is 14.5. The quantitative estimate of drug-likeness (QED) is 0.428. The van der Waals surface area contributed by atoms with E-state index in [4.69, 9.17) is 9.15 Å². The zero-order valence-electron chi connectivity index (χ0n) is 15.9. The summed E-state index contributed by atoms with van der Waals surface area (Å²) in [5.41, 5.74) is 2.00. The van der Waals surface area contributed by atoms with Crippen LogP contribution in [0.4, 0.5) is 0 Å². The van der Waals surface area contributed by atoms with Crippen molar-refractivity contribution in [3.8, 4) is 0 Å². The molecule has 0 bridgehead atoms. The average molecular weight is 390 g/mol. The normalized spacial score (nSPS) is 16.8. The van der Waals surface area contributed by atoms with Crippen LogP contribution in [-0.4, -0.2) is 12.8 Å². The van der Waals surface area contributed by atoms with E-state index in [1.54, 1.807) is 6.26 Å². The van der Waals surface area contributed by atoms with Crippen LogP contribution >= 0.6 is 7.14 Å². The Bertz CT molecular complexity index is 990. The topological polar surface area (TPSA) is 39.4 Å². The van der Waals surface area contributed by atoms with E-state index >= 15 is 0 Å². The lowest BCUT2D eigenvalue weighted by molar-refractivity contribution is 0.274. The Hall–Kier alpha value is -2.77. The van der Waals surface area contributed by atoms with Gasteiger partial charge in [-0.15, -0.1) is 0 Å². The summed E-state index contributed by atoms with van der Waals surface area (Å²) in [5.74, 6) is 1.40. The third-order valence-corrected chi connectivity index (χ3v) is 8.24. The van der Waals surface area contributed by atoms with Crippen LogP contribution in [0.5, 0.6) is 0 Å². The van der Waals surface area contributed by atoms with Crippen LogP contribution in [0.2, 0.25) is 0 Å². The van der Waals surface area contributed by atoms with Crippen LogP contribution in [0.15, 0.2) is 101 Å². The van der Waals surface area contributed by atoms with Crippen molar-refractivity contribution in [2.24, 2.45) is 5.92 Å². The van der Waals surface area contributed by atoms with Gasteiger partial charge in [-0.2, -0.15) is 0 Å². The summed E-state index contributed by atoms with van der Waals surface area (Å²) in [5, 5.41) is 1.69. The summed E-state index contributed by atoms with van der Waals surface area (Å²) in [4.78, 5) is 0. The van der Waals surface area contributed by atoms with Gasteiger partial charge in [0.2, 0.25) is 0 Å². The zero-order valence-corrected chi connectivity index (χ0v) is 16.8. The van der Waals surface area contributed by atoms with Gasteiger partial charge in [0.05, 0.1) is 12.9 Å². The van der Waals surface area contributed by atoms with E-state index in [1.165, 1.54) is 0 Å². The van der Waals surface area contributed by atoms with E-state index < -0.39 is 7.14 Å². The Labute approximate surface area is 165 Å². The fourth-order valence-corrected chi connectivity index (χ4v) is 6.50. The molecular formula is C24H23O3P. The Morgan fingerprint density at radius 1 is 1.00 bits per heavy atom. The van der Waals surface area contributed by atoms with Gasteiger partial charge in [0.15, 0.2) is 11.5 Å². The van der Waals surface area contributed by atoms with Gasteiger partial charge >= 0.3 is 0 Å². The van der Waals surface area contributed by atoms with Gasteiger partial charge in [-0.1, -0.05) is 72.8 Å². The SMILES string of the molecule is C=C(C)C1COC(c2ccco2)=C1CP(=O)(c1ccccc1)c1ccccc1. The number of benzene rings is 2. The van der Waals surface area contributed by atoms with Gasteiger partial charge in [-0.3, -0.25) is 0 Å². The minimum Gasteiger partial charge on any atom is -0.489 e. The second-order valence-electron chi connectivity index (χ2n) is 7.11. The van der Waals surface area contributed by atoms with E-state index in [1.807, 2.05) is 79.7 Å². The second kappa shape index (κ2) is 7.69. The van der Waals surface area contributed by atoms with Crippen molar-refractivity contribution in [3.63, 3.8) is 0 Å². The molecule has 28 heavy (non-hydrogen) atoms. The van der Waals surface area contributed by atoms with Crippen molar-refractivity contribution in [2.75, 3.05) is 12.8 Å². The second-order valence-corrected chi connectivity index (χ2v) is 9.94. The monoisotopic (exact) mass is 390 g/mol. The first-order chi connectivity index (χ1) is 13.6. The lowest BCUT2D eigenvalue weighted by Gasteiger charge is -2.22.